The maximum absolute atomic E-state index is 12.2. The number of carbonyl (C=O) groups excluding carboxylic acids is 2. The van der Waals surface area contributed by atoms with Crippen LogP contribution < -0.4 is 5.32 Å². The Balaban J connectivity index is 1.82. The normalized spacial score (nSPS) is 10.6. The molecule has 0 aliphatic carbocycles. The molecule has 0 bridgehead atoms. The Bertz CT molecular complexity index is 1050. The monoisotopic (exact) mass is 409 g/mol. The van der Waals surface area contributed by atoms with Crippen molar-refractivity contribution in [3.05, 3.63) is 65.5 Å². The maximum Gasteiger partial charge on any atom is 0.253 e. The first-order valence-electron chi connectivity index (χ1n) is 9.08. The summed E-state index contributed by atoms with van der Waals surface area (Å²) in [4.78, 5) is 25.1. The van der Waals surface area contributed by atoms with Crippen molar-refractivity contribution in [2.75, 3.05) is 19.4 Å². The van der Waals surface area contributed by atoms with E-state index in [0.717, 1.165) is 22.2 Å². The molecular weight excluding hydrogens is 386 g/mol. The molecule has 1 heterocycles. The average molecular weight is 410 g/mol. The van der Waals surface area contributed by atoms with Crippen molar-refractivity contribution >= 4 is 29.3 Å². The maximum atomic E-state index is 12.2. The van der Waals surface area contributed by atoms with Crippen molar-refractivity contribution in [2.45, 2.75) is 24.8 Å². The molecule has 150 valence electrons. The number of anilines is 1. The molecule has 0 fully saturated rings. The predicted octanol–water partition coefficient (Wildman–Crippen LogP) is 3.53. The van der Waals surface area contributed by atoms with Gasteiger partial charge in [0.1, 0.15) is 5.82 Å². The third-order valence-corrected chi connectivity index (χ3v) is 5.17. The van der Waals surface area contributed by atoms with E-state index in [1.54, 1.807) is 30.8 Å². The highest BCUT2D eigenvalue weighted by molar-refractivity contribution is 7.98. The van der Waals surface area contributed by atoms with E-state index in [4.69, 9.17) is 0 Å². The highest BCUT2D eigenvalue weighted by atomic mass is 32.2. The quantitative estimate of drug-likeness (QED) is 0.630. The van der Waals surface area contributed by atoms with Gasteiger partial charge in [0.05, 0.1) is 5.69 Å². The molecule has 0 spiro atoms. The summed E-state index contributed by atoms with van der Waals surface area (Å²) in [6, 6.07) is 15.1. The Hall–Kier alpha value is -3.13. The predicted molar refractivity (Wildman–Crippen MR) is 114 cm³/mol. The van der Waals surface area contributed by atoms with E-state index >= 15 is 0 Å². The number of aryl methyl sites for hydroxylation is 1. The van der Waals surface area contributed by atoms with Gasteiger partial charge in [-0.05, 0) is 42.8 Å². The molecule has 7 nitrogen and oxygen atoms in total. The van der Waals surface area contributed by atoms with E-state index in [9.17, 15) is 9.59 Å². The van der Waals surface area contributed by atoms with Crippen LogP contribution in [0.15, 0.2) is 53.7 Å². The summed E-state index contributed by atoms with van der Waals surface area (Å²) in [5, 5.41) is 12.0. The Morgan fingerprint density at radius 1 is 1.10 bits per heavy atom. The highest BCUT2D eigenvalue weighted by Gasteiger charge is 2.13. The third kappa shape index (κ3) is 5.03. The van der Waals surface area contributed by atoms with E-state index in [1.807, 2.05) is 60.0 Å². The smallest absolute Gasteiger partial charge is 0.253 e. The van der Waals surface area contributed by atoms with Crippen molar-refractivity contribution in [3.8, 4) is 5.69 Å². The molecule has 0 aliphatic heterocycles. The molecule has 3 rings (SSSR count). The van der Waals surface area contributed by atoms with Crippen LogP contribution in [0.5, 0.6) is 0 Å². The zero-order chi connectivity index (χ0) is 21.0. The first-order valence-corrected chi connectivity index (χ1v) is 10.1. The van der Waals surface area contributed by atoms with Crippen LogP contribution in [0.3, 0.4) is 0 Å². The van der Waals surface area contributed by atoms with Crippen LogP contribution in [0.1, 0.15) is 28.7 Å². The summed E-state index contributed by atoms with van der Waals surface area (Å²) >= 11 is 1.54. The fraction of sp³-hybridized carbons (Fsp3) is 0.238. The summed E-state index contributed by atoms with van der Waals surface area (Å²) in [6.07, 6.45) is 0. The number of rotatable bonds is 6. The van der Waals surface area contributed by atoms with Crippen LogP contribution in [0, 0.1) is 6.92 Å². The second-order valence-corrected chi connectivity index (χ2v) is 7.73. The summed E-state index contributed by atoms with van der Waals surface area (Å²) in [5.74, 6) is 1.26. The fourth-order valence-corrected chi connectivity index (χ4v) is 3.80. The molecule has 0 atom stereocenters. The number of nitrogens with zero attached hydrogens (tertiary/aromatic N) is 4. The van der Waals surface area contributed by atoms with Gasteiger partial charge in [-0.2, -0.15) is 0 Å². The highest BCUT2D eigenvalue weighted by Crippen LogP contribution is 2.26. The molecule has 1 N–H and O–H groups in total. The van der Waals surface area contributed by atoms with Gasteiger partial charge in [-0.3, -0.25) is 14.2 Å². The molecule has 2 amide bonds. The number of carbonyl (C=O) groups is 2. The van der Waals surface area contributed by atoms with Crippen molar-refractivity contribution in [1.29, 1.82) is 0 Å². The second kappa shape index (κ2) is 8.91. The largest absolute Gasteiger partial charge is 0.345 e. The second-order valence-electron chi connectivity index (χ2n) is 6.79. The van der Waals surface area contributed by atoms with Gasteiger partial charge in [-0.25, -0.2) is 0 Å². The molecule has 3 aromatic rings. The SMILES string of the molecule is CC(=O)Nc1cccc(-n2c(C)nnc2SCc2cccc(C(=O)N(C)C)c2)c1. The Morgan fingerprint density at radius 2 is 1.86 bits per heavy atom. The van der Waals surface area contributed by atoms with Crippen molar-refractivity contribution in [2.24, 2.45) is 0 Å². The van der Waals surface area contributed by atoms with Gasteiger partial charge < -0.3 is 10.2 Å². The number of hydrogen-bond donors (Lipinski definition) is 1. The molecule has 0 aliphatic rings. The molecule has 0 saturated carbocycles. The molecule has 0 radical (unpaired) electrons. The lowest BCUT2D eigenvalue weighted by Crippen LogP contribution is -2.21. The lowest BCUT2D eigenvalue weighted by molar-refractivity contribution is -0.114. The van der Waals surface area contributed by atoms with Crippen LogP contribution in [-0.4, -0.2) is 45.6 Å². The molecule has 2 aromatic carbocycles. The van der Waals surface area contributed by atoms with E-state index in [1.165, 1.54) is 6.92 Å². The first kappa shape index (κ1) is 20.6. The number of nitrogens with one attached hydrogen (secondary N) is 1. The lowest BCUT2D eigenvalue weighted by atomic mass is 10.1. The molecule has 0 unspecified atom stereocenters. The van der Waals surface area contributed by atoms with Gasteiger partial charge >= 0.3 is 0 Å². The Kier molecular flexibility index (Phi) is 6.33. The van der Waals surface area contributed by atoms with Gasteiger partial charge in [0.25, 0.3) is 5.91 Å². The number of aromatic nitrogens is 3. The van der Waals surface area contributed by atoms with Crippen LogP contribution in [0.4, 0.5) is 5.69 Å². The van der Waals surface area contributed by atoms with Crippen molar-refractivity contribution < 1.29 is 9.59 Å². The van der Waals surface area contributed by atoms with Gasteiger partial charge in [-0.15, -0.1) is 10.2 Å². The summed E-state index contributed by atoms with van der Waals surface area (Å²) in [7, 11) is 3.48. The number of amides is 2. The summed E-state index contributed by atoms with van der Waals surface area (Å²) in [5.41, 5.74) is 3.28. The Morgan fingerprint density at radius 3 is 2.59 bits per heavy atom. The number of hydrogen-bond acceptors (Lipinski definition) is 5. The number of thioether (sulfide) groups is 1. The Labute approximate surface area is 174 Å². The van der Waals surface area contributed by atoms with Gasteiger partial charge in [0.2, 0.25) is 5.91 Å². The first-order chi connectivity index (χ1) is 13.8. The zero-order valence-corrected chi connectivity index (χ0v) is 17.7. The number of benzene rings is 2. The minimum Gasteiger partial charge on any atom is -0.345 e. The molecule has 1 aromatic heterocycles. The molecule has 8 heteroatoms. The standard InChI is InChI=1S/C21H23N5O2S/c1-14-23-24-21(26(14)19-10-6-9-18(12-19)22-15(2)27)29-13-16-7-5-8-17(11-16)20(28)25(3)4/h5-12H,13H2,1-4H3,(H,22,27). The minimum absolute atomic E-state index is 0.0225. The van der Waals surface area contributed by atoms with E-state index < -0.39 is 0 Å². The van der Waals surface area contributed by atoms with Gasteiger partial charge in [-0.1, -0.05) is 30.0 Å². The van der Waals surface area contributed by atoms with Crippen LogP contribution in [0.25, 0.3) is 5.69 Å². The molecule has 29 heavy (non-hydrogen) atoms. The zero-order valence-electron chi connectivity index (χ0n) is 16.8. The lowest BCUT2D eigenvalue weighted by Gasteiger charge is -2.12. The molecule has 0 saturated heterocycles. The molecular formula is C21H23N5O2S. The van der Waals surface area contributed by atoms with E-state index in [0.29, 0.717) is 17.0 Å². The van der Waals surface area contributed by atoms with Gasteiger partial charge in [0, 0.05) is 38.0 Å². The van der Waals surface area contributed by atoms with Crippen LogP contribution in [-0.2, 0) is 10.5 Å². The fourth-order valence-electron chi connectivity index (χ4n) is 2.86. The minimum atomic E-state index is -0.121. The van der Waals surface area contributed by atoms with E-state index in [-0.39, 0.29) is 11.8 Å². The third-order valence-electron chi connectivity index (χ3n) is 4.17. The van der Waals surface area contributed by atoms with Crippen molar-refractivity contribution in [3.63, 3.8) is 0 Å². The summed E-state index contributed by atoms with van der Waals surface area (Å²) in [6.45, 7) is 3.37. The van der Waals surface area contributed by atoms with Crippen molar-refractivity contribution in [1.82, 2.24) is 19.7 Å². The van der Waals surface area contributed by atoms with Crippen LogP contribution >= 0.6 is 11.8 Å². The van der Waals surface area contributed by atoms with E-state index in [2.05, 4.69) is 15.5 Å². The average Bonchev–Trinajstić information content (AvgIpc) is 3.06. The van der Waals surface area contributed by atoms with Gasteiger partial charge in [0.15, 0.2) is 5.16 Å². The topological polar surface area (TPSA) is 80.1 Å². The van der Waals surface area contributed by atoms with Crippen LogP contribution in [0.2, 0.25) is 0 Å². The summed E-state index contributed by atoms with van der Waals surface area (Å²) < 4.78 is 1.95.